The number of nitrogens with one attached hydrogen (secondary N) is 1. The number of nitrogen functional groups attached to an aromatic ring is 1. The molecule has 0 unspecified atom stereocenters. The average Bonchev–Trinajstić information content (AvgIpc) is 2.15. The maximum atomic E-state index is 5.41. The summed E-state index contributed by atoms with van der Waals surface area (Å²) >= 11 is 0. The first kappa shape index (κ1) is 10.9. The van der Waals surface area contributed by atoms with Crippen molar-refractivity contribution in [1.29, 1.82) is 0 Å². The molecule has 0 aliphatic rings. The summed E-state index contributed by atoms with van der Waals surface area (Å²) < 4.78 is 5.16. The van der Waals surface area contributed by atoms with Crippen LogP contribution in [0.15, 0.2) is 18.2 Å². The lowest BCUT2D eigenvalue weighted by Crippen LogP contribution is -2.14. The van der Waals surface area contributed by atoms with E-state index in [2.05, 4.69) is 32.3 Å². The monoisotopic (exact) mass is 194 g/mol. The Balaban J connectivity index is 3.14. The van der Waals surface area contributed by atoms with Gasteiger partial charge in [-0.15, -0.1) is 0 Å². The highest BCUT2D eigenvalue weighted by atomic mass is 16.5. The standard InChI is InChI=1S/C11H18N2O/c1-11(2,3)8-5-6-10(14-4)9(7-8)13-12/h5-7,13H,12H2,1-4H3. The molecule has 3 N–H and O–H groups in total. The SMILES string of the molecule is COc1ccc(C(C)(C)C)cc1NN. The van der Waals surface area contributed by atoms with Crippen LogP contribution in [0.2, 0.25) is 0 Å². The molecule has 0 heterocycles. The van der Waals surface area contributed by atoms with Gasteiger partial charge in [0.1, 0.15) is 5.75 Å². The van der Waals surface area contributed by atoms with Crippen molar-refractivity contribution < 1.29 is 4.74 Å². The smallest absolute Gasteiger partial charge is 0.143 e. The minimum Gasteiger partial charge on any atom is -0.495 e. The molecule has 1 aromatic rings. The molecule has 0 radical (unpaired) electrons. The van der Waals surface area contributed by atoms with Crippen molar-refractivity contribution in [3.8, 4) is 5.75 Å². The first-order chi connectivity index (χ1) is 6.49. The van der Waals surface area contributed by atoms with Crippen LogP contribution in [-0.4, -0.2) is 7.11 Å². The van der Waals surface area contributed by atoms with E-state index < -0.39 is 0 Å². The predicted octanol–water partition coefficient (Wildman–Crippen LogP) is 2.28. The number of methoxy groups -OCH3 is 1. The van der Waals surface area contributed by atoms with Gasteiger partial charge in [-0.1, -0.05) is 26.8 Å². The van der Waals surface area contributed by atoms with Crippen molar-refractivity contribution in [3.05, 3.63) is 23.8 Å². The maximum absolute atomic E-state index is 5.41. The van der Waals surface area contributed by atoms with Crippen LogP contribution in [0.3, 0.4) is 0 Å². The molecule has 0 saturated heterocycles. The number of anilines is 1. The summed E-state index contributed by atoms with van der Waals surface area (Å²) in [5.74, 6) is 6.17. The number of ether oxygens (including phenoxy) is 1. The number of hydrogen-bond acceptors (Lipinski definition) is 3. The highest BCUT2D eigenvalue weighted by molar-refractivity contribution is 5.58. The molecule has 1 aromatic carbocycles. The minimum atomic E-state index is 0.123. The van der Waals surface area contributed by atoms with E-state index in [4.69, 9.17) is 10.6 Å². The van der Waals surface area contributed by atoms with Crippen LogP contribution in [0, 0.1) is 0 Å². The van der Waals surface area contributed by atoms with Crippen LogP contribution in [0.5, 0.6) is 5.75 Å². The van der Waals surface area contributed by atoms with Gasteiger partial charge >= 0.3 is 0 Å². The van der Waals surface area contributed by atoms with Crippen molar-refractivity contribution in [2.45, 2.75) is 26.2 Å². The Bertz CT molecular complexity index is 316. The first-order valence-corrected chi connectivity index (χ1v) is 4.64. The lowest BCUT2D eigenvalue weighted by atomic mass is 9.87. The highest BCUT2D eigenvalue weighted by Crippen LogP contribution is 2.30. The molecule has 0 bridgehead atoms. The number of benzene rings is 1. The van der Waals surface area contributed by atoms with E-state index in [1.165, 1.54) is 5.56 Å². The van der Waals surface area contributed by atoms with E-state index in [-0.39, 0.29) is 5.41 Å². The van der Waals surface area contributed by atoms with E-state index in [0.29, 0.717) is 0 Å². The molecule has 14 heavy (non-hydrogen) atoms. The maximum Gasteiger partial charge on any atom is 0.143 e. The quantitative estimate of drug-likeness (QED) is 0.561. The minimum absolute atomic E-state index is 0.123. The van der Waals surface area contributed by atoms with Crippen LogP contribution in [0.25, 0.3) is 0 Å². The van der Waals surface area contributed by atoms with Gasteiger partial charge in [0.05, 0.1) is 12.8 Å². The van der Waals surface area contributed by atoms with Gasteiger partial charge in [0.25, 0.3) is 0 Å². The lowest BCUT2D eigenvalue weighted by molar-refractivity contribution is 0.416. The van der Waals surface area contributed by atoms with Gasteiger partial charge in [-0.3, -0.25) is 5.84 Å². The molecule has 0 spiro atoms. The average molecular weight is 194 g/mol. The molecule has 0 aromatic heterocycles. The van der Waals surface area contributed by atoms with Crippen molar-refractivity contribution in [2.75, 3.05) is 12.5 Å². The summed E-state index contributed by atoms with van der Waals surface area (Å²) in [6, 6.07) is 5.99. The molecule has 78 valence electrons. The summed E-state index contributed by atoms with van der Waals surface area (Å²) in [6.07, 6.45) is 0. The van der Waals surface area contributed by atoms with Gasteiger partial charge < -0.3 is 10.2 Å². The summed E-state index contributed by atoms with van der Waals surface area (Å²) in [7, 11) is 1.63. The third-order valence-corrected chi connectivity index (χ3v) is 2.22. The number of rotatable bonds is 2. The Labute approximate surface area is 85.2 Å². The Hall–Kier alpha value is -1.22. The van der Waals surface area contributed by atoms with Crippen molar-refractivity contribution >= 4 is 5.69 Å². The summed E-state index contributed by atoms with van der Waals surface area (Å²) in [6.45, 7) is 6.49. The topological polar surface area (TPSA) is 47.3 Å². The second kappa shape index (κ2) is 3.88. The largest absolute Gasteiger partial charge is 0.495 e. The van der Waals surface area contributed by atoms with Crippen LogP contribution in [0.4, 0.5) is 5.69 Å². The summed E-state index contributed by atoms with van der Waals surface area (Å²) in [5, 5.41) is 0. The molecule has 0 amide bonds. The third-order valence-electron chi connectivity index (χ3n) is 2.22. The molecular formula is C11H18N2O. The summed E-state index contributed by atoms with van der Waals surface area (Å²) in [4.78, 5) is 0. The van der Waals surface area contributed by atoms with Crippen LogP contribution in [0.1, 0.15) is 26.3 Å². The van der Waals surface area contributed by atoms with E-state index in [9.17, 15) is 0 Å². The molecule has 3 nitrogen and oxygen atoms in total. The first-order valence-electron chi connectivity index (χ1n) is 4.64. The molecule has 3 heteroatoms. The second-order valence-corrected chi connectivity index (χ2v) is 4.31. The van der Waals surface area contributed by atoms with E-state index in [0.717, 1.165) is 11.4 Å². The summed E-state index contributed by atoms with van der Waals surface area (Å²) in [5.41, 5.74) is 4.80. The Morgan fingerprint density at radius 1 is 1.29 bits per heavy atom. The lowest BCUT2D eigenvalue weighted by Gasteiger charge is -2.20. The highest BCUT2D eigenvalue weighted by Gasteiger charge is 2.15. The van der Waals surface area contributed by atoms with Crippen molar-refractivity contribution in [1.82, 2.24) is 0 Å². The number of hydrazine groups is 1. The Morgan fingerprint density at radius 3 is 2.36 bits per heavy atom. The van der Waals surface area contributed by atoms with Gasteiger partial charge in [-0.2, -0.15) is 0 Å². The Morgan fingerprint density at radius 2 is 1.93 bits per heavy atom. The second-order valence-electron chi connectivity index (χ2n) is 4.31. The number of hydrogen-bond donors (Lipinski definition) is 2. The molecule has 0 fully saturated rings. The predicted molar refractivity (Wildman–Crippen MR) is 59.5 cm³/mol. The zero-order valence-corrected chi connectivity index (χ0v) is 9.22. The van der Waals surface area contributed by atoms with E-state index >= 15 is 0 Å². The van der Waals surface area contributed by atoms with Crippen LogP contribution in [-0.2, 0) is 5.41 Å². The van der Waals surface area contributed by atoms with Gasteiger partial charge in [-0.05, 0) is 23.1 Å². The van der Waals surface area contributed by atoms with Crippen LogP contribution >= 0.6 is 0 Å². The van der Waals surface area contributed by atoms with Gasteiger partial charge in [0, 0.05) is 0 Å². The molecule has 0 aliphatic heterocycles. The fourth-order valence-electron chi connectivity index (χ4n) is 1.29. The fraction of sp³-hybridized carbons (Fsp3) is 0.455. The molecular weight excluding hydrogens is 176 g/mol. The zero-order chi connectivity index (χ0) is 10.8. The van der Waals surface area contributed by atoms with E-state index in [1.807, 2.05) is 12.1 Å². The zero-order valence-electron chi connectivity index (χ0n) is 9.22. The normalized spacial score (nSPS) is 11.2. The molecule has 0 atom stereocenters. The van der Waals surface area contributed by atoms with Gasteiger partial charge in [0.2, 0.25) is 0 Å². The number of nitrogens with two attached hydrogens (primary N) is 1. The van der Waals surface area contributed by atoms with Crippen molar-refractivity contribution in [3.63, 3.8) is 0 Å². The Kier molecular flexibility index (Phi) is 3.01. The fourth-order valence-corrected chi connectivity index (χ4v) is 1.29. The van der Waals surface area contributed by atoms with Gasteiger partial charge in [-0.25, -0.2) is 0 Å². The van der Waals surface area contributed by atoms with E-state index in [1.54, 1.807) is 7.11 Å². The molecule has 1 rings (SSSR count). The van der Waals surface area contributed by atoms with Crippen molar-refractivity contribution in [2.24, 2.45) is 5.84 Å². The van der Waals surface area contributed by atoms with Crippen LogP contribution < -0.4 is 16.0 Å². The van der Waals surface area contributed by atoms with Gasteiger partial charge in [0.15, 0.2) is 0 Å². The molecule has 0 saturated carbocycles. The third kappa shape index (κ3) is 2.17. The molecule has 0 aliphatic carbocycles.